The Bertz CT molecular complexity index is 1320. The van der Waals surface area contributed by atoms with Crippen molar-refractivity contribution in [3.8, 4) is 27.6 Å². The summed E-state index contributed by atoms with van der Waals surface area (Å²) in [5, 5.41) is 3.94. The number of hydrogen-bond acceptors (Lipinski definition) is 9. The molecule has 1 atom stereocenters. The Kier molecular flexibility index (Phi) is 9.04. The molecule has 3 heterocycles. The Balaban J connectivity index is 1.59. The molecule has 1 aromatic carbocycles. The van der Waals surface area contributed by atoms with E-state index in [1.165, 1.54) is 11.3 Å². The lowest BCUT2D eigenvalue weighted by Gasteiger charge is -2.11. The number of thiazole rings is 1. The predicted octanol–water partition coefficient (Wildman–Crippen LogP) is 4.33. The number of aromatic amines is 1. The minimum atomic E-state index is -1.24. The number of esters is 1. The first kappa shape index (κ1) is 26.9. The summed E-state index contributed by atoms with van der Waals surface area (Å²) in [6, 6.07) is 9.55. The summed E-state index contributed by atoms with van der Waals surface area (Å²) in [4.78, 5) is 25.8. The van der Waals surface area contributed by atoms with Crippen molar-refractivity contribution in [1.29, 1.82) is 0 Å². The Labute approximate surface area is 223 Å². The number of fused-ring (bicyclic) bond motifs is 1. The first-order chi connectivity index (χ1) is 17.9. The van der Waals surface area contributed by atoms with Gasteiger partial charge in [-0.15, -0.1) is 11.3 Å². The van der Waals surface area contributed by atoms with Crippen molar-refractivity contribution >= 4 is 45.2 Å². The van der Waals surface area contributed by atoms with Crippen LogP contribution in [-0.4, -0.2) is 70.0 Å². The number of hydrogen-bond donors (Lipinski definition) is 2. The molecular formula is C26H31N5O4S2. The van der Waals surface area contributed by atoms with Gasteiger partial charge in [0.2, 0.25) is 5.03 Å². The maximum atomic E-state index is 12.9. The first-order valence-corrected chi connectivity index (χ1v) is 14.2. The van der Waals surface area contributed by atoms with E-state index in [1.54, 1.807) is 11.1 Å². The average molecular weight is 542 g/mol. The van der Waals surface area contributed by atoms with Crippen LogP contribution < -0.4 is 10.5 Å². The second-order valence-corrected chi connectivity index (χ2v) is 11.1. The molecule has 4 rings (SSSR count). The van der Waals surface area contributed by atoms with E-state index in [9.17, 15) is 9.35 Å². The third kappa shape index (κ3) is 6.61. The lowest BCUT2D eigenvalue weighted by atomic mass is 10.0. The fourth-order valence-corrected chi connectivity index (χ4v) is 5.70. The SMILES string of the molecule is CCCC[S+]([O-])c1[nH]c2nc(-c3nccs3)cc(-c3ccc(OCCOC(=O)CN(C)C)cc3)c2c1N. The second-order valence-electron chi connectivity index (χ2n) is 8.72. The number of ether oxygens (including phenoxy) is 2. The number of benzene rings is 1. The van der Waals surface area contributed by atoms with Crippen LogP contribution in [0, 0.1) is 0 Å². The summed E-state index contributed by atoms with van der Waals surface area (Å²) >= 11 is 0.255. The number of nitrogens with one attached hydrogen (secondary N) is 1. The molecule has 9 nitrogen and oxygen atoms in total. The Morgan fingerprint density at radius 2 is 2.03 bits per heavy atom. The highest BCUT2D eigenvalue weighted by molar-refractivity contribution is 7.91. The summed E-state index contributed by atoms with van der Waals surface area (Å²) in [5.74, 6) is 0.903. The third-order valence-electron chi connectivity index (χ3n) is 5.55. The van der Waals surface area contributed by atoms with E-state index >= 15 is 0 Å². The smallest absolute Gasteiger partial charge is 0.320 e. The van der Waals surface area contributed by atoms with Gasteiger partial charge in [0.1, 0.15) is 46.8 Å². The van der Waals surface area contributed by atoms with E-state index in [4.69, 9.17) is 20.2 Å². The number of carbonyl (C=O) groups is 1. The summed E-state index contributed by atoms with van der Waals surface area (Å²) in [6.45, 7) is 2.73. The van der Waals surface area contributed by atoms with Crippen LogP contribution in [0.1, 0.15) is 19.8 Å². The second kappa shape index (κ2) is 12.4. The van der Waals surface area contributed by atoms with Gasteiger partial charge in [-0.25, -0.2) is 9.97 Å². The van der Waals surface area contributed by atoms with Gasteiger partial charge in [-0.05, 0) is 49.8 Å². The number of pyridine rings is 1. The fourth-order valence-electron chi connectivity index (χ4n) is 3.79. The molecule has 3 N–H and O–H groups in total. The monoisotopic (exact) mass is 541 g/mol. The number of anilines is 1. The van der Waals surface area contributed by atoms with Crippen LogP contribution in [0.25, 0.3) is 32.9 Å². The van der Waals surface area contributed by atoms with Gasteiger partial charge in [0.15, 0.2) is 0 Å². The summed E-state index contributed by atoms with van der Waals surface area (Å²) in [6.07, 6.45) is 3.54. The highest BCUT2D eigenvalue weighted by Crippen LogP contribution is 2.39. The van der Waals surface area contributed by atoms with Gasteiger partial charge in [0.25, 0.3) is 0 Å². The van der Waals surface area contributed by atoms with Crippen molar-refractivity contribution in [3.05, 3.63) is 41.9 Å². The highest BCUT2D eigenvalue weighted by Gasteiger charge is 2.24. The predicted molar refractivity (Wildman–Crippen MR) is 148 cm³/mol. The Morgan fingerprint density at radius 3 is 2.70 bits per heavy atom. The van der Waals surface area contributed by atoms with Crippen molar-refractivity contribution in [2.24, 2.45) is 0 Å². The lowest BCUT2D eigenvalue weighted by Crippen LogP contribution is -2.25. The van der Waals surface area contributed by atoms with Gasteiger partial charge >= 0.3 is 5.97 Å². The summed E-state index contributed by atoms with van der Waals surface area (Å²) in [5.41, 5.74) is 10.1. The van der Waals surface area contributed by atoms with E-state index in [2.05, 4.69) is 16.9 Å². The highest BCUT2D eigenvalue weighted by atomic mass is 32.2. The zero-order chi connectivity index (χ0) is 26.4. The quantitative estimate of drug-likeness (QED) is 0.154. The van der Waals surface area contributed by atoms with Crippen LogP contribution in [0.15, 0.2) is 46.9 Å². The van der Waals surface area contributed by atoms with Crippen LogP contribution in [0.3, 0.4) is 0 Å². The Morgan fingerprint density at radius 1 is 1.24 bits per heavy atom. The van der Waals surface area contributed by atoms with Crippen LogP contribution >= 0.6 is 11.3 Å². The molecule has 196 valence electrons. The first-order valence-electron chi connectivity index (χ1n) is 12.0. The van der Waals surface area contributed by atoms with Crippen LogP contribution in [0.5, 0.6) is 5.75 Å². The minimum Gasteiger partial charge on any atom is -0.610 e. The third-order valence-corrected chi connectivity index (χ3v) is 7.79. The number of H-pyrrole nitrogens is 1. The molecule has 4 aromatic rings. The molecule has 0 aliphatic rings. The normalized spacial score (nSPS) is 12.2. The number of nitrogen functional groups attached to an aromatic ring is 1. The van der Waals surface area contributed by atoms with E-state index in [0.717, 1.165) is 34.4 Å². The number of nitrogens with zero attached hydrogens (tertiary/aromatic N) is 3. The standard InChI is InChI=1S/C26H31N5O4S2/c1-4-5-14-37(33)26-23(27)22-19(15-20(29-24(22)30-26)25-28-10-13-36-25)17-6-8-18(9-7-17)34-11-12-35-21(32)16-31(2)3/h6-10,13,15H,4-5,11-12,14,16,27H2,1-3H3,(H,29,30). The molecular weight excluding hydrogens is 510 g/mol. The minimum absolute atomic E-state index is 0.175. The van der Waals surface area contributed by atoms with E-state index in [-0.39, 0.29) is 25.7 Å². The molecule has 0 aliphatic carbocycles. The van der Waals surface area contributed by atoms with Crippen molar-refractivity contribution in [1.82, 2.24) is 19.9 Å². The average Bonchev–Trinajstić information content (AvgIpc) is 3.53. The van der Waals surface area contributed by atoms with Crippen molar-refractivity contribution < 1.29 is 18.8 Å². The molecule has 0 radical (unpaired) electrons. The molecule has 0 aliphatic heterocycles. The molecule has 11 heteroatoms. The van der Waals surface area contributed by atoms with Crippen LogP contribution in [0.2, 0.25) is 0 Å². The summed E-state index contributed by atoms with van der Waals surface area (Å²) in [7, 11) is 3.62. The van der Waals surface area contributed by atoms with Gasteiger partial charge in [-0.3, -0.25) is 14.7 Å². The molecule has 0 spiro atoms. The number of aromatic nitrogens is 3. The van der Waals surface area contributed by atoms with E-state index in [0.29, 0.717) is 33.6 Å². The Hall–Kier alpha value is -3.12. The molecule has 3 aromatic heterocycles. The van der Waals surface area contributed by atoms with Crippen molar-refractivity contribution in [2.45, 2.75) is 24.8 Å². The van der Waals surface area contributed by atoms with Crippen molar-refractivity contribution in [3.63, 3.8) is 0 Å². The molecule has 0 amide bonds. The van der Waals surface area contributed by atoms with Gasteiger partial charge in [-0.1, -0.05) is 25.5 Å². The molecule has 0 saturated carbocycles. The summed E-state index contributed by atoms with van der Waals surface area (Å²) < 4.78 is 23.8. The number of unbranched alkanes of at least 4 members (excludes halogenated alkanes) is 1. The molecule has 0 bridgehead atoms. The maximum Gasteiger partial charge on any atom is 0.320 e. The lowest BCUT2D eigenvalue weighted by molar-refractivity contribution is -0.145. The largest absolute Gasteiger partial charge is 0.610 e. The van der Waals surface area contributed by atoms with E-state index < -0.39 is 11.2 Å². The van der Waals surface area contributed by atoms with Crippen LogP contribution in [-0.2, 0) is 20.7 Å². The molecule has 1 unspecified atom stereocenters. The topological polar surface area (TPSA) is 129 Å². The molecule has 0 fully saturated rings. The molecule has 0 saturated heterocycles. The van der Waals surface area contributed by atoms with Gasteiger partial charge in [0, 0.05) is 22.8 Å². The maximum absolute atomic E-state index is 12.9. The number of likely N-dealkylation sites (N-methyl/N-ethyl adjacent to an activating group) is 1. The zero-order valence-corrected chi connectivity index (χ0v) is 22.8. The number of nitrogens with two attached hydrogens (primary N) is 1. The van der Waals surface area contributed by atoms with Gasteiger partial charge in [-0.2, -0.15) is 0 Å². The van der Waals surface area contributed by atoms with Gasteiger partial charge in [0.05, 0.1) is 11.9 Å². The number of carbonyl (C=O) groups excluding carboxylic acids is 1. The number of rotatable bonds is 12. The fraction of sp³-hybridized carbons (Fsp3) is 0.346. The van der Waals surface area contributed by atoms with Crippen LogP contribution in [0.4, 0.5) is 5.69 Å². The molecule has 37 heavy (non-hydrogen) atoms. The van der Waals surface area contributed by atoms with Crippen molar-refractivity contribution in [2.75, 3.05) is 45.3 Å². The van der Waals surface area contributed by atoms with E-state index in [1.807, 2.05) is 49.8 Å². The zero-order valence-electron chi connectivity index (χ0n) is 21.2. The van der Waals surface area contributed by atoms with Gasteiger partial charge < -0.3 is 19.8 Å².